The van der Waals surface area contributed by atoms with E-state index in [-0.39, 0.29) is 37.4 Å². The molecule has 2 aliphatic heterocycles. The van der Waals surface area contributed by atoms with Crippen LogP contribution < -0.4 is 11.2 Å². The molecule has 0 bridgehead atoms. The van der Waals surface area contributed by atoms with E-state index in [1.807, 2.05) is 13.8 Å². The van der Waals surface area contributed by atoms with Gasteiger partial charge < -0.3 is 24.1 Å². The van der Waals surface area contributed by atoms with Gasteiger partial charge in [-0.05, 0) is 66.7 Å². The van der Waals surface area contributed by atoms with E-state index >= 15 is 0 Å². The van der Waals surface area contributed by atoms with Gasteiger partial charge in [-0.3, -0.25) is 14.2 Å². The molecule has 1 aromatic rings. The van der Waals surface area contributed by atoms with E-state index in [0.29, 0.717) is 6.42 Å². The van der Waals surface area contributed by atoms with E-state index in [0.717, 1.165) is 22.9 Å². The van der Waals surface area contributed by atoms with E-state index in [4.69, 9.17) is 18.9 Å². The zero-order valence-electron chi connectivity index (χ0n) is 25.9. The summed E-state index contributed by atoms with van der Waals surface area (Å²) in [5, 5.41) is 14.1. The monoisotopic (exact) mass is 577 g/mol. The lowest BCUT2D eigenvalue weighted by molar-refractivity contribution is -0.216. The molecule has 1 N–H and O–H groups in total. The molecule has 0 aromatic carbocycles. The Morgan fingerprint density at radius 2 is 1.83 bits per heavy atom. The van der Waals surface area contributed by atoms with Crippen LogP contribution in [-0.4, -0.2) is 62.7 Å². The van der Waals surface area contributed by atoms with Crippen molar-refractivity contribution in [1.29, 1.82) is 0 Å². The summed E-state index contributed by atoms with van der Waals surface area (Å²) < 4.78 is 25.6. The van der Waals surface area contributed by atoms with Crippen molar-refractivity contribution in [3.63, 3.8) is 0 Å². The molecular formula is C30H47N3O8. The first kappa shape index (κ1) is 32.9. The third-order valence-corrected chi connectivity index (χ3v) is 7.44. The Labute approximate surface area is 242 Å². The van der Waals surface area contributed by atoms with Crippen molar-refractivity contribution < 1.29 is 28.8 Å². The molecule has 2 fully saturated rings. The predicted octanol–water partition coefficient (Wildman–Crippen LogP) is 3.59. The highest BCUT2D eigenvalue weighted by Gasteiger charge is 2.57. The SMILES string of the molecule is CCOC(=O)CC[C@@]1(C)OC2C(O1)[C@@H](CO)O[C@H]2n1ncc(=O)n(C(C)(C)C/C=C(\C)CC(C)(C)C=C(C)C)c1=O. The molecule has 2 aliphatic rings. The number of hydrogen-bond donors (Lipinski definition) is 1. The number of esters is 1. The third kappa shape index (κ3) is 7.82. The molecule has 0 amide bonds. The molecular weight excluding hydrogens is 530 g/mol. The Morgan fingerprint density at radius 1 is 1.17 bits per heavy atom. The van der Waals surface area contributed by atoms with Crippen LogP contribution in [-0.2, 0) is 29.3 Å². The average molecular weight is 578 g/mol. The lowest BCUT2D eigenvalue weighted by Crippen LogP contribution is -2.51. The molecule has 3 rings (SSSR count). The van der Waals surface area contributed by atoms with Crippen molar-refractivity contribution >= 4 is 5.97 Å². The van der Waals surface area contributed by atoms with Crippen molar-refractivity contribution in [1.82, 2.24) is 14.3 Å². The Balaban J connectivity index is 1.87. The summed E-state index contributed by atoms with van der Waals surface area (Å²) in [5.41, 5.74) is 0.360. The van der Waals surface area contributed by atoms with Crippen LogP contribution in [0.5, 0.6) is 0 Å². The summed E-state index contributed by atoms with van der Waals surface area (Å²) in [5.74, 6) is -1.53. The van der Waals surface area contributed by atoms with E-state index < -0.39 is 47.1 Å². The standard InChI is InChI=1S/C30H47N3O8/c1-10-38-23(36)12-14-30(9)40-24-21(18-34)39-26(25(24)41-30)33-27(37)32(22(35)17-31-33)29(7,8)13-11-20(4)16-28(5,6)15-19(2)3/h11,15,17,21,24-26,34H,10,12-14,16,18H2,1-9H3/b20-11+/t21-,24?,25?,26-,30-/m1/s1. The van der Waals surface area contributed by atoms with Gasteiger partial charge in [0.1, 0.15) is 24.5 Å². The van der Waals surface area contributed by atoms with Crippen LogP contribution in [0, 0.1) is 5.41 Å². The summed E-state index contributed by atoms with van der Waals surface area (Å²) in [6.45, 7) is 17.6. The van der Waals surface area contributed by atoms with Crippen LogP contribution in [0.25, 0.3) is 0 Å². The van der Waals surface area contributed by atoms with E-state index in [1.54, 1.807) is 13.8 Å². The number of ether oxygens (including phenoxy) is 4. The highest BCUT2D eigenvalue weighted by molar-refractivity contribution is 5.69. The Bertz CT molecular complexity index is 1270. The van der Waals surface area contributed by atoms with Gasteiger partial charge in [0.05, 0.1) is 25.2 Å². The molecule has 0 saturated carbocycles. The second kappa shape index (κ2) is 12.7. The lowest BCUT2D eigenvalue weighted by atomic mass is 9.83. The van der Waals surface area contributed by atoms with Gasteiger partial charge in [0.2, 0.25) is 0 Å². The first-order valence-electron chi connectivity index (χ1n) is 14.3. The fraction of sp³-hybridized carbons (Fsp3) is 0.733. The fourth-order valence-electron chi connectivity index (χ4n) is 5.89. The van der Waals surface area contributed by atoms with E-state index in [2.05, 4.69) is 51.9 Å². The number of rotatable bonds is 12. The summed E-state index contributed by atoms with van der Waals surface area (Å²) in [6, 6.07) is 0. The molecule has 1 aromatic heterocycles. The number of carbonyl (C=O) groups is 1. The second-order valence-electron chi connectivity index (χ2n) is 12.9. The smallest absolute Gasteiger partial charge is 0.350 e. The molecule has 2 saturated heterocycles. The number of carbonyl (C=O) groups excluding carboxylic acids is 1. The summed E-state index contributed by atoms with van der Waals surface area (Å²) in [4.78, 5) is 38.7. The van der Waals surface area contributed by atoms with Gasteiger partial charge >= 0.3 is 11.7 Å². The highest BCUT2D eigenvalue weighted by atomic mass is 16.8. The second-order valence-corrected chi connectivity index (χ2v) is 12.9. The minimum atomic E-state index is -1.16. The van der Waals surface area contributed by atoms with Crippen LogP contribution in [0.2, 0.25) is 0 Å². The van der Waals surface area contributed by atoms with Crippen molar-refractivity contribution in [3.8, 4) is 0 Å². The molecule has 0 aliphatic carbocycles. The zero-order chi connectivity index (χ0) is 30.8. The zero-order valence-corrected chi connectivity index (χ0v) is 25.9. The molecule has 11 heteroatoms. The largest absolute Gasteiger partial charge is 0.466 e. The van der Waals surface area contributed by atoms with Gasteiger partial charge in [-0.15, -0.1) is 0 Å². The Hall–Kier alpha value is -2.60. The fourth-order valence-corrected chi connectivity index (χ4v) is 5.89. The highest BCUT2D eigenvalue weighted by Crippen LogP contribution is 2.44. The van der Waals surface area contributed by atoms with Gasteiger partial charge in [-0.2, -0.15) is 9.78 Å². The molecule has 0 radical (unpaired) electrons. The number of hydrogen-bond acceptors (Lipinski definition) is 9. The van der Waals surface area contributed by atoms with Crippen molar-refractivity contribution in [2.45, 2.75) is 124 Å². The van der Waals surface area contributed by atoms with Crippen molar-refractivity contribution in [3.05, 3.63) is 50.3 Å². The van der Waals surface area contributed by atoms with Crippen molar-refractivity contribution in [2.75, 3.05) is 13.2 Å². The molecule has 230 valence electrons. The number of fused-ring (bicyclic) bond motifs is 1. The van der Waals surface area contributed by atoms with Gasteiger partial charge in [0.25, 0.3) is 5.56 Å². The number of aliphatic hydroxyl groups is 1. The minimum absolute atomic E-state index is 0.0163. The van der Waals surface area contributed by atoms with Crippen molar-refractivity contribution in [2.24, 2.45) is 5.41 Å². The molecule has 5 atom stereocenters. The molecule has 3 heterocycles. The first-order valence-corrected chi connectivity index (χ1v) is 14.3. The third-order valence-electron chi connectivity index (χ3n) is 7.44. The molecule has 41 heavy (non-hydrogen) atoms. The topological polar surface area (TPSA) is 131 Å². The summed E-state index contributed by atoms with van der Waals surface area (Å²) in [6.07, 6.45) is 3.68. The number of aliphatic hydroxyl groups excluding tert-OH is 1. The normalized spacial score (nSPS) is 26.6. The van der Waals surface area contributed by atoms with Crippen LogP contribution in [0.3, 0.4) is 0 Å². The Morgan fingerprint density at radius 3 is 2.44 bits per heavy atom. The van der Waals surface area contributed by atoms with Crippen LogP contribution >= 0.6 is 0 Å². The average Bonchev–Trinajstić information content (AvgIpc) is 3.35. The Kier molecular flexibility index (Phi) is 10.2. The van der Waals surface area contributed by atoms with Crippen LogP contribution in [0.4, 0.5) is 0 Å². The molecule has 0 spiro atoms. The summed E-state index contributed by atoms with van der Waals surface area (Å²) in [7, 11) is 0. The van der Waals surface area contributed by atoms with E-state index in [9.17, 15) is 19.5 Å². The van der Waals surface area contributed by atoms with Gasteiger partial charge in [-0.1, -0.05) is 37.1 Å². The maximum atomic E-state index is 13.8. The predicted molar refractivity (Wildman–Crippen MR) is 153 cm³/mol. The summed E-state index contributed by atoms with van der Waals surface area (Å²) >= 11 is 0. The van der Waals surface area contributed by atoms with Gasteiger partial charge in [0.15, 0.2) is 12.0 Å². The van der Waals surface area contributed by atoms with Gasteiger partial charge in [-0.25, -0.2) is 4.79 Å². The van der Waals surface area contributed by atoms with Crippen LogP contribution in [0.1, 0.15) is 94.2 Å². The minimum Gasteiger partial charge on any atom is -0.466 e. The maximum absolute atomic E-state index is 13.8. The van der Waals surface area contributed by atoms with Crippen LogP contribution in [0.15, 0.2) is 39.1 Å². The number of aromatic nitrogens is 3. The first-order chi connectivity index (χ1) is 19.0. The van der Waals surface area contributed by atoms with Gasteiger partial charge in [0, 0.05) is 6.42 Å². The molecule has 2 unspecified atom stereocenters. The maximum Gasteiger partial charge on any atom is 0.350 e. The molecule has 11 nitrogen and oxygen atoms in total. The van der Waals surface area contributed by atoms with E-state index in [1.165, 1.54) is 10.1 Å². The quantitative estimate of drug-likeness (QED) is 0.292. The lowest BCUT2D eigenvalue weighted by Gasteiger charge is -2.29. The number of allylic oxidation sites excluding steroid dienone is 4. The number of nitrogens with zero attached hydrogens (tertiary/aromatic N) is 3.